The number of carboxylic acids is 1. The van der Waals surface area contributed by atoms with Crippen molar-refractivity contribution in [2.75, 3.05) is 13.1 Å². The molecule has 37 heavy (non-hydrogen) atoms. The Kier molecular flexibility index (Phi) is 8.80. The second kappa shape index (κ2) is 12.2. The van der Waals surface area contributed by atoms with Crippen molar-refractivity contribution >= 4 is 29.1 Å². The third-order valence-corrected chi connectivity index (χ3v) is 7.03. The van der Waals surface area contributed by atoms with E-state index in [1.54, 1.807) is 18.2 Å². The molecule has 0 bridgehead atoms. The summed E-state index contributed by atoms with van der Waals surface area (Å²) in [5, 5.41) is 14.6. The third-order valence-electron chi connectivity index (χ3n) is 7.03. The molecular formula is C31H31ClFNO3. The first-order valence-corrected chi connectivity index (χ1v) is 12.6. The van der Waals surface area contributed by atoms with Gasteiger partial charge in [0.15, 0.2) is 0 Å². The average molecular weight is 520 g/mol. The summed E-state index contributed by atoms with van der Waals surface area (Å²) in [6, 6.07) is 26.4. The first-order valence-electron chi connectivity index (χ1n) is 12.6. The molecule has 2 unspecified atom stereocenters. The minimum Gasteiger partial charge on any atom is -0.490 e. The Morgan fingerprint density at radius 2 is 1.73 bits per heavy atom. The number of ether oxygens (including phenoxy) is 1. The van der Waals surface area contributed by atoms with Crippen LogP contribution in [0.3, 0.4) is 0 Å². The van der Waals surface area contributed by atoms with Gasteiger partial charge in [-0.3, -0.25) is 0 Å². The van der Waals surface area contributed by atoms with Gasteiger partial charge in [0, 0.05) is 16.9 Å². The van der Waals surface area contributed by atoms with Gasteiger partial charge in [-0.25, -0.2) is 9.18 Å². The van der Waals surface area contributed by atoms with Gasteiger partial charge in [-0.1, -0.05) is 60.7 Å². The molecule has 0 saturated carbocycles. The number of para-hydroxylation sites is 1. The number of fused-ring (bicyclic) bond motifs is 2. The molecule has 2 N–H and O–H groups in total. The summed E-state index contributed by atoms with van der Waals surface area (Å²) in [5.41, 5.74) is 3.59. The van der Waals surface area contributed by atoms with Gasteiger partial charge < -0.3 is 15.2 Å². The highest BCUT2D eigenvalue weighted by Gasteiger charge is 2.29. The Balaban J connectivity index is 0.00000320. The van der Waals surface area contributed by atoms with Crippen molar-refractivity contribution in [1.82, 2.24) is 5.32 Å². The van der Waals surface area contributed by atoms with E-state index in [-0.39, 0.29) is 30.2 Å². The molecule has 0 aliphatic carbocycles. The van der Waals surface area contributed by atoms with E-state index in [1.165, 1.54) is 0 Å². The SMILES string of the molecule is Cl.O=C(O)c1cccc(C2CC(CCCNCCc3ccc(F)c4ccccc34)Oc3ccccc32)c1. The van der Waals surface area contributed by atoms with Gasteiger partial charge in [0.1, 0.15) is 11.6 Å². The second-order valence-electron chi connectivity index (χ2n) is 9.39. The Labute approximate surface area is 222 Å². The summed E-state index contributed by atoms with van der Waals surface area (Å²) in [6.07, 6.45) is 3.62. The van der Waals surface area contributed by atoms with E-state index in [1.807, 2.05) is 60.7 Å². The van der Waals surface area contributed by atoms with E-state index in [4.69, 9.17) is 4.74 Å². The van der Waals surface area contributed by atoms with Crippen molar-refractivity contribution < 1.29 is 19.0 Å². The number of benzene rings is 4. The third kappa shape index (κ3) is 6.12. The topological polar surface area (TPSA) is 58.6 Å². The fourth-order valence-corrected chi connectivity index (χ4v) is 5.22. The van der Waals surface area contributed by atoms with Crippen LogP contribution in [0.4, 0.5) is 4.39 Å². The van der Waals surface area contributed by atoms with Crippen molar-refractivity contribution in [3.8, 4) is 5.75 Å². The number of hydrogen-bond donors (Lipinski definition) is 2. The number of rotatable bonds is 9. The lowest BCUT2D eigenvalue weighted by molar-refractivity contribution is 0.0696. The molecule has 1 aliphatic heterocycles. The van der Waals surface area contributed by atoms with Crippen LogP contribution < -0.4 is 10.1 Å². The smallest absolute Gasteiger partial charge is 0.335 e. The van der Waals surface area contributed by atoms with Crippen LogP contribution >= 0.6 is 12.4 Å². The summed E-state index contributed by atoms with van der Waals surface area (Å²) in [5.74, 6) is -0.0904. The predicted octanol–water partition coefficient (Wildman–Crippen LogP) is 6.99. The minimum atomic E-state index is -0.909. The zero-order valence-corrected chi connectivity index (χ0v) is 21.3. The molecule has 4 aromatic carbocycles. The zero-order chi connectivity index (χ0) is 24.9. The number of carboxylic acid groups (broad SMARTS) is 1. The first kappa shape index (κ1) is 26.6. The van der Waals surface area contributed by atoms with Crippen molar-refractivity contribution in [2.45, 2.75) is 37.7 Å². The fourth-order valence-electron chi connectivity index (χ4n) is 5.22. The van der Waals surface area contributed by atoms with E-state index in [0.29, 0.717) is 10.9 Å². The van der Waals surface area contributed by atoms with E-state index in [0.717, 1.165) is 66.6 Å². The Morgan fingerprint density at radius 1 is 0.946 bits per heavy atom. The summed E-state index contributed by atoms with van der Waals surface area (Å²) >= 11 is 0. The molecule has 4 nitrogen and oxygen atoms in total. The normalized spacial score (nSPS) is 16.5. The molecule has 2 atom stereocenters. The molecular weight excluding hydrogens is 489 g/mol. The summed E-state index contributed by atoms with van der Waals surface area (Å²) in [6.45, 7) is 1.70. The minimum absolute atomic E-state index is 0. The van der Waals surface area contributed by atoms with Gasteiger partial charge in [0.2, 0.25) is 0 Å². The molecule has 1 aliphatic rings. The van der Waals surface area contributed by atoms with Gasteiger partial charge in [-0.2, -0.15) is 0 Å². The molecule has 0 fully saturated rings. The maximum absolute atomic E-state index is 14.1. The largest absolute Gasteiger partial charge is 0.490 e. The molecule has 192 valence electrons. The molecule has 5 rings (SSSR count). The van der Waals surface area contributed by atoms with Gasteiger partial charge >= 0.3 is 5.97 Å². The number of carbonyl (C=O) groups is 1. The number of nitrogens with one attached hydrogen (secondary N) is 1. The first-order chi connectivity index (χ1) is 17.6. The Morgan fingerprint density at radius 3 is 2.57 bits per heavy atom. The van der Waals surface area contributed by atoms with E-state index in [2.05, 4.69) is 11.4 Å². The van der Waals surface area contributed by atoms with E-state index >= 15 is 0 Å². The van der Waals surface area contributed by atoms with Gasteiger partial charge in [-0.15, -0.1) is 12.4 Å². The maximum atomic E-state index is 14.1. The van der Waals surface area contributed by atoms with Gasteiger partial charge in [0.05, 0.1) is 11.7 Å². The van der Waals surface area contributed by atoms with Crippen molar-refractivity contribution in [1.29, 1.82) is 0 Å². The van der Waals surface area contributed by atoms with Crippen LogP contribution in [0.15, 0.2) is 84.9 Å². The lowest BCUT2D eigenvalue weighted by atomic mass is 9.83. The highest BCUT2D eigenvalue weighted by molar-refractivity contribution is 5.88. The fraction of sp³-hybridized carbons (Fsp3) is 0.258. The predicted molar refractivity (Wildman–Crippen MR) is 148 cm³/mol. The van der Waals surface area contributed by atoms with Crippen molar-refractivity contribution in [2.24, 2.45) is 0 Å². The molecule has 6 heteroatoms. The lowest BCUT2D eigenvalue weighted by Crippen LogP contribution is -2.28. The molecule has 0 saturated heterocycles. The molecule has 4 aromatic rings. The highest BCUT2D eigenvalue weighted by atomic mass is 35.5. The van der Waals surface area contributed by atoms with Gasteiger partial charge in [-0.05, 0) is 79.6 Å². The molecule has 1 heterocycles. The summed E-state index contributed by atoms with van der Waals surface area (Å²) < 4.78 is 20.4. The van der Waals surface area contributed by atoms with Crippen LogP contribution in [0.25, 0.3) is 10.8 Å². The van der Waals surface area contributed by atoms with Crippen LogP contribution in [0.2, 0.25) is 0 Å². The summed E-state index contributed by atoms with van der Waals surface area (Å²) in [4.78, 5) is 11.5. The Bertz CT molecular complexity index is 1380. The van der Waals surface area contributed by atoms with Crippen LogP contribution in [0, 0.1) is 5.82 Å². The zero-order valence-electron chi connectivity index (χ0n) is 20.5. The highest BCUT2D eigenvalue weighted by Crippen LogP contribution is 2.41. The number of aromatic carboxylic acids is 1. The number of hydrogen-bond acceptors (Lipinski definition) is 3. The second-order valence-corrected chi connectivity index (χ2v) is 9.39. The summed E-state index contributed by atoms with van der Waals surface area (Å²) in [7, 11) is 0. The average Bonchev–Trinajstić information content (AvgIpc) is 2.91. The molecule has 0 amide bonds. The number of halogens is 2. The van der Waals surface area contributed by atoms with E-state index < -0.39 is 5.97 Å². The van der Waals surface area contributed by atoms with Crippen LogP contribution in [-0.4, -0.2) is 30.3 Å². The quantitative estimate of drug-likeness (QED) is 0.234. The maximum Gasteiger partial charge on any atom is 0.335 e. The van der Waals surface area contributed by atoms with Crippen LogP contribution in [0.1, 0.15) is 52.2 Å². The monoisotopic (exact) mass is 519 g/mol. The van der Waals surface area contributed by atoms with Crippen molar-refractivity contribution in [3.05, 3.63) is 113 Å². The molecule has 0 radical (unpaired) electrons. The standard InChI is InChI=1S/C31H30FNO3.ClH/c32-29-15-14-21(25-10-1-2-11-26(25)29)16-18-33-17-6-9-24-20-28(27-12-3-4-13-30(27)36-24)22-7-5-8-23(19-22)31(34)35;/h1-5,7-8,10-15,19,24,28,33H,6,9,16-18,20H2,(H,34,35);1H. The van der Waals surface area contributed by atoms with Crippen molar-refractivity contribution in [3.63, 3.8) is 0 Å². The van der Waals surface area contributed by atoms with Gasteiger partial charge in [0.25, 0.3) is 0 Å². The lowest BCUT2D eigenvalue weighted by Gasteiger charge is -2.33. The molecule has 0 aromatic heterocycles. The van der Waals surface area contributed by atoms with Crippen LogP contribution in [-0.2, 0) is 6.42 Å². The van der Waals surface area contributed by atoms with E-state index in [9.17, 15) is 14.3 Å². The Hall–Kier alpha value is -3.41. The van der Waals surface area contributed by atoms with Crippen LogP contribution in [0.5, 0.6) is 5.75 Å². The molecule has 0 spiro atoms.